The number of hydrogen-bond donors (Lipinski definition) is 2. The van der Waals surface area contributed by atoms with Crippen LogP contribution in [0.1, 0.15) is 22.3 Å². The fourth-order valence-corrected chi connectivity index (χ4v) is 3.89. The van der Waals surface area contributed by atoms with Crippen LogP contribution in [-0.4, -0.2) is 43.6 Å². The van der Waals surface area contributed by atoms with Gasteiger partial charge < -0.3 is 25.3 Å². The van der Waals surface area contributed by atoms with Crippen molar-refractivity contribution in [2.45, 2.75) is 12.8 Å². The average Bonchev–Trinajstić information content (AvgIpc) is 3.23. The number of nitrogens with one attached hydrogen (secondary N) is 1. The van der Waals surface area contributed by atoms with Crippen LogP contribution in [0.4, 0.5) is 11.5 Å². The SMILES string of the molecule is COc1cc(C(=O)n2nc(NCCCc3ccccc3)c3cc(N)ccc32)cc(OC)c1OC. The van der Waals surface area contributed by atoms with Crippen molar-refractivity contribution >= 4 is 28.3 Å². The fraction of sp³-hybridized carbons (Fsp3) is 0.231. The lowest BCUT2D eigenvalue weighted by Gasteiger charge is -2.13. The third kappa shape index (κ3) is 4.61. The molecule has 0 aliphatic carbocycles. The molecule has 0 radical (unpaired) electrons. The van der Waals surface area contributed by atoms with Gasteiger partial charge in [-0.3, -0.25) is 4.79 Å². The second-order valence-electron chi connectivity index (χ2n) is 7.77. The Balaban J connectivity index is 1.63. The van der Waals surface area contributed by atoms with Gasteiger partial charge in [0.15, 0.2) is 17.3 Å². The van der Waals surface area contributed by atoms with Crippen LogP contribution in [0.3, 0.4) is 0 Å². The molecule has 0 spiro atoms. The molecule has 0 aliphatic rings. The highest BCUT2D eigenvalue weighted by Gasteiger charge is 2.21. The fourth-order valence-electron chi connectivity index (χ4n) is 3.89. The molecule has 0 aliphatic heterocycles. The summed E-state index contributed by atoms with van der Waals surface area (Å²) in [7, 11) is 4.53. The van der Waals surface area contributed by atoms with Crippen LogP contribution in [0, 0.1) is 0 Å². The van der Waals surface area contributed by atoms with Crippen molar-refractivity contribution in [3.8, 4) is 17.2 Å². The topological polar surface area (TPSA) is 101 Å². The number of nitrogen functional groups attached to an aromatic ring is 1. The number of anilines is 2. The monoisotopic (exact) mass is 460 g/mol. The van der Waals surface area contributed by atoms with Crippen molar-refractivity contribution in [3.05, 3.63) is 71.8 Å². The molecule has 0 saturated heterocycles. The smallest absolute Gasteiger partial charge is 0.279 e. The Labute approximate surface area is 198 Å². The first-order valence-corrected chi connectivity index (χ1v) is 11.0. The third-order valence-corrected chi connectivity index (χ3v) is 5.59. The van der Waals surface area contributed by atoms with Gasteiger partial charge in [0.1, 0.15) is 0 Å². The molecule has 0 atom stereocenters. The minimum absolute atomic E-state index is 0.327. The molecule has 34 heavy (non-hydrogen) atoms. The van der Waals surface area contributed by atoms with E-state index < -0.39 is 0 Å². The maximum absolute atomic E-state index is 13.5. The molecule has 1 heterocycles. The second-order valence-corrected chi connectivity index (χ2v) is 7.77. The van der Waals surface area contributed by atoms with Gasteiger partial charge in [0, 0.05) is 23.2 Å². The van der Waals surface area contributed by atoms with Crippen LogP contribution in [0.15, 0.2) is 60.7 Å². The first-order chi connectivity index (χ1) is 16.5. The Morgan fingerprint density at radius 2 is 1.68 bits per heavy atom. The predicted molar refractivity (Wildman–Crippen MR) is 133 cm³/mol. The van der Waals surface area contributed by atoms with Crippen LogP contribution >= 0.6 is 0 Å². The number of aromatic nitrogens is 2. The molecule has 3 aromatic carbocycles. The Morgan fingerprint density at radius 3 is 2.32 bits per heavy atom. The molecule has 4 aromatic rings. The van der Waals surface area contributed by atoms with Crippen LogP contribution < -0.4 is 25.3 Å². The van der Waals surface area contributed by atoms with E-state index >= 15 is 0 Å². The molecule has 0 saturated carbocycles. The molecular formula is C26H28N4O4. The zero-order chi connectivity index (χ0) is 24.1. The van der Waals surface area contributed by atoms with Crippen molar-refractivity contribution in [2.24, 2.45) is 0 Å². The van der Waals surface area contributed by atoms with Crippen LogP contribution in [0.25, 0.3) is 10.9 Å². The normalized spacial score (nSPS) is 10.8. The van der Waals surface area contributed by atoms with Crippen molar-refractivity contribution in [1.29, 1.82) is 0 Å². The van der Waals surface area contributed by atoms with E-state index in [9.17, 15) is 4.79 Å². The summed E-state index contributed by atoms with van der Waals surface area (Å²) in [5.74, 6) is 1.48. The lowest BCUT2D eigenvalue weighted by molar-refractivity contribution is 0.0950. The van der Waals surface area contributed by atoms with Gasteiger partial charge in [-0.25, -0.2) is 0 Å². The highest BCUT2D eigenvalue weighted by Crippen LogP contribution is 2.38. The summed E-state index contributed by atoms with van der Waals surface area (Å²) >= 11 is 0. The Hall–Kier alpha value is -4.20. The number of ether oxygens (including phenoxy) is 3. The molecule has 0 bridgehead atoms. The first-order valence-electron chi connectivity index (χ1n) is 11.0. The minimum atomic E-state index is -0.327. The number of carbonyl (C=O) groups is 1. The van der Waals surface area contributed by atoms with Crippen molar-refractivity contribution in [1.82, 2.24) is 9.78 Å². The summed E-state index contributed by atoms with van der Waals surface area (Å²) in [4.78, 5) is 13.5. The molecule has 176 valence electrons. The Morgan fingerprint density at radius 1 is 0.971 bits per heavy atom. The predicted octanol–water partition coefficient (Wildman–Crippen LogP) is 4.38. The number of nitrogens with zero attached hydrogens (tertiary/aromatic N) is 2. The number of methoxy groups -OCH3 is 3. The van der Waals surface area contributed by atoms with Crippen LogP contribution in [-0.2, 0) is 6.42 Å². The van der Waals surface area contributed by atoms with Crippen molar-refractivity contribution in [2.75, 3.05) is 38.9 Å². The van der Waals surface area contributed by atoms with Gasteiger partial charge in [0.25, 0.3) is 5.91 Å². The van der Waals surface area contributed by atoms with Gasteiger partial charge in [0.05, 0.1) is 26.8 Å². The maximum Gasteiger partial charge on any atom is 0.279 e. The summed E-state index contributed by atoms with van der Waals surface area (Å²) in [5, 5.41) is 8.74. The largest absolute Gasteiger partial charge is 0.493 e. The van der Waals surface area contributed by atoms with E-state index in [0.29, 0.717) is 46.4 Å². The highest BCUT2D eigenvalue weighted by molar-refractivity contribution is 6.05. The highest BCUT2D eigenvalue weighted by atomic mass is 16.5. The number of hydrogen-bond acceptors (Lipinski definition) is 7. The number of benzene rings is 3. The quantitative estimate of drug-likeness (QED) is 0.282. The van der Waals surface area contributed by atoms with Gasteiger partial charge in [-0.15, -0.1) is 5.10 Å². The average molecular weight is 461 g/mol. The van der Waals surface area contributed by atoms with Gasteiger partial charge >= 0.3 is 0 Å². The standard InChI is InChI=1S/C26H28N4O4/c1-32-22-14-18(15-23(33-2)24(22)34-3)26(31)30-21-12-11-19(27)16-20(21)25(29-30)28-13-7-10-17-8-5-4-6-9-17/h4-6,8-9,11-12,14-16H,7,10,13,27H2,1-3H3,(H,28,29). The Kier molecular flexibility index (Phi) is 6.87. The van der Waals surface area contributed by atoms with Gasteiger partial charge in [-0.1, -0.05) is 30.3 Å². The number of fused-ring (bicyclic) bond motifs is 1. The summed E-state index contributed by atoms with van der Waals surface area (Å²) in [6.07, 6.45) is 1.86. The van der Waals surface area contributed by atoms with Crippen molar-refractivity contribution < 1.29 is 19.0 Å². The maximum atomic E-state index is 13.5. The molecule has 4 rings (SSSR count). The van der Waals surface area contributed by atoms with E-state index in [1.54, 1.807) is 24.3 Å². The molecule has 1 aromatic heterocycles. The molecule has 0 fully saturated rings. The molecule has 3 N–H and O–H groups in total. The number of rotatable bonds is 9. The first kappa shape index (κ1) is 23.0. The summed E-state index contributed by atoms with van der Waals surface area (Å²) in [5.41, 5.74) is 8.91. The van der Waals surface area contributed by atoms with Gasteiger partial charge in [-0.2, -0.15) is 4.68 Å². The summed E-state index contributed by atoms with van der Waals surface area (Å²) in [6, 6.07) is 18.9. The summed E-state index contributed by atoms with van der Waals surface area (Å²) in [6.45, 7) is 0.703. The summed E-state index contributed by atoms with van der Waals surface area (Å²) < 4.78 is 17.5. The van der Waals surface area contributed by atoms with Crippen LogP contribution in [0.5, 0.6) is 17.2 Å². The second kappa shape index (κ2) is 10.2. The molecule has 0 unspecified atom stereocenters. The third-order valence-electron chi connectivity index (χ3n) is 5.59. The van der Waals surface area contributed by atoms with E-state index in [4.69, 9.17) is 19.9 Å². The zero-order valence-corrected chi connectivity index (χ0v) is 19.5. The van der Waals surface area contributed by atoms with E-state index in [1.165, 1.54) is 31.6 Å². The number of nitrogens with two attached hydrogens (primary N) is 1. The number of carbonyl (C=O) groups excluding carboxylic acids is 1. The molecular weight excluding hydrogens is 432 g/mol. The van der Waals surface area contributed by atoms with E-state index in [0.717, 1.165) is 18.2 Å². The van der Waals surface area contributed by atoms with E-state index in [2.05, 4.69) is 22.5 Å². The molecule has 8 nitrogen and oxygen atoms in total. The molecule has 8 heteroatoms. The molecule has 0 amide bonds. The lowest BCUT2D eigenvalue weighted by atomic mass is 10.1. The van der Waals surface area contributed by atoms with Crippen LogP contribution in [0.2, 0.25) is 0 Å². The Bertz CT molecular complexity index is 1280. The zero-order valence-electron chi connectivity index (χ0n) is 19.5. The van der Waals surface area contributed by atoms with Gasteiger partial charge in [-0.05, 0) is 48.7 Å². The van der Waals surface area contributed by atoms with E-state index in [-0.39, 0.29) is 5.91 Å². The van der Waals surface area contributed by atoms with Crippen molar-refractivity contribution in [3.63, 3.8) is 0 Å². The van der Waals surface area contributed by atoms with Gasteiger partial charge in [0.2, 0.25) is 5.75 Å². The lowest BCUT2D eigenvalue weighted by Crippen LogP contribution is -2.15. The van der Waals surface area contributed by atoms with E-state index in [1.807, 2.05) is 24.3 Å². The number of aryl methyl sites for hydroxylation is 1. The minimum Gasteiger partial charge on any atom is -0.493 e.